The largest absolute Gasteiger partial charge is 0.309 e. The molecule has 8 rings (SSSR count). The Morgan fingerprint density at radius 1 is 0.605 bits per heavy atom. The number of hydrogen-bond acceptors (Lipinski definition) is 1. The Morgan fingerprint density at radius 3 is 2.00 bits per heavy atom. The van der Waals surface area contributed by atoms with Crippen LogP contribution in [-0.2, 0) is 7.05 Å². The van der Waals surface area contributed by atoms with E-state index in [1.165, 1.54) is 75.3 Å². The van der Waals surface area contributed by atoms with Gasteiger partial charge in [0.2, 0.25) is 5.69 Å². The van der Waals surface area contributed by atoms with Gasteiger partial charge in [-0.25, -0.2) is 0 Å². The van der Waals surface area contributed by atoms with Crippen molar-refractivity contribution in [1.29, 1.82) is 0 Å². The molecule has 180 valence electrons. The van der Waals surface area contributed by atoms with E-state index in [0.29, 0.717) is 0 Å². The summed E-state index contributed by atoms with van der Waals surface area (Å²) in [7, 11) is 2.16. The van der Waals surface area contributed by atoms with Crippen molar-refractivity contribution in [3.05, 3.63) is 121 Å². The summed E-state index contributed by atoms with van der Waals surface area (Å²) in [6.45, 7) is 2.26. The standard InChI is InChI=1S/C35H25N2S/c1-22-25-9-5-8-14-33(25)38-35(22)34-30-17-15-23-21-24(16-18-26(23)27(30)19-20-36(34)2)37-31-12-6-3-10-28(31)29-11-4-7-13-32(29)37/h3-21H,1-2H3/q+1. The molecule has 5 aromatic carbocycles. The van der Waals surface area contributed by atoms with Crippen molar-refractivity contribution >= 4 is 64.8 Å². The Kier molecular flexibility index (Phi) is 4.55. The zero-order valence-corrected chi connectivity index (χ0v) is 22.1. The summed E-state index contributed by atoms with van der Waals surface area (Å²) in [5.74, 6) is 0. The molecule has 0 saturated heterocycles. The average molecular weight is 506 g/mol. The minimum atomic E-state index is 1.19. The molecule has 0 saturated carbocycles. The molecule has 0 aliphatic carbocycles. The highest BCUT2D eigenvalue weighted by atomic mass is 32.1. The van der Waals surface area contributed by atoms with Gasteiger partial charge in [-0.15, -0.1) is 11.3 Å². The van der Waals surface area contributed by atoms with Crippen LogP contribution in [0, 0.1) is 6.92 Å². The van der Waals surface area contributed by atoms with Crippen LogP contribution < -0.4 is 4.57 Å². The van der Waals surface area contributed by atoms with E-state index >= 15 is 0 Å². The van der Waals surface area contributed by atoms with Gasteiger partial charge in [-0.2, -0.15) is 4.57 Å². The third-order valence-electron chi connectivity index (χ3n) is 8.01. The maximum absolute atomic E-state index is 2.39. The first kappa shape index (κ1) is 21.6. The predicted octanol–water partition coefficient (Wildman–Crippen LogP) is 9.10. The smallest absolute Gasteiger partial charge is 0.230 e. The quantitative estimate of drug-likeness (QED) is 0.164. The molecule has 3 heteroatoms. The van der Waals surface area contributed by atoms with Gasteiger partial charge in [-0.3, -0.25) is 0 Å². The molecule has 2 nitrogen and oxygen atoms in total. The van der Waals surface area contributed by atoms with Gasteiger partial charge in [0.25, 0.3) is 0 Å². The van der Waals surface area contributed by atoms with Gasteiger partial charge < -0.3 is 4.57 Å². The molecule has 3 aromatic heterocycles. The lowest BCUT2D eigenvalue weighted by Gasteiger charge is -2.11. The summed E-state index contributed by atoms with van der Waals surface area (Å²) in [5.41, 5.74) is 6.31. The molecule has 0 unspecified atom stereocenters. The lowest BCUT2D eigenvalue weighted by molar-refractivity contribution is -0.659. The number of para-hydroxylation sites is 2. The molecule has 0 radical (unpaired) electrons. The van der Waals surface area contributed by atoms with E-state index in [1.54, 1.807) is 0 Å². The molecular weight excluding hydrogens is 480 g/mol. The van der Waals surface area contributed by atoms with Crippen LogP contribution in [0.4, 0.5) is 0 Å². The summed E-state index contributed by atoms with van der Waals surface area (Å²) in [5, 5.41) is 9.05. The number of fused-ring (bicyclic) bond motifs is 7. The van der Waals surface area contributed by atoms with Crippen molar-refractivity contribution in [3.63, 3.8) is 0 Å². The Balaban J connectivity index is 1.38. The van der Waals surface area contributed by atoms with Crippen LogP contribution in [0.3, 0.4) is 0 Å². The molecule has 0 atom stereocenters. The number of benzene rings is 5. The predicted molar refractivity (Wildman–Crippen MR) is 163 cm³/mol. The lowest BCUT2D eigenvalue weighted by Crippen LogP contribution is -2.30. The first-order valence-corrected chi connectivity index (χ1v) is 13.8. The number of aryl methyl sites for hydroxylation is 2. The fourth-order valence-corrected chi connectivity index (χ4v) is 7.51. The van der Waals surface area contributed by atoms with Crippen molar-refractivity contribution in [2.75, 3.05) is 0 Å². The summed E-state index contributed by atoms with van der Waals surface area (Å²) < 4.78 is 6.01. The number of hydrogen-bond donors (Lipinski definition) is 0. The van der Waals surface area contributed by atoms with Crippen molar-refractivity contribution in [2.45, 2.75) is 6.92 Å². The Labute approximate surface area is 224 Å². The second-order valence-electron chi connectivity index (χ2n) is 10.1. The van der Waals surface area contributed by atoms with Crippen molar-refractivity contribution in [2.24, 2.45) is 7.05 Å². The van der Waals surface area contributed by atoms with E-state index in [4.69, 9.17) is 0 Å². The Bertz CT molecular complexity index is 2160. The van der Waals surface area contributed by atoms with Gasteiger partial charge in [0.1, 0.15) is 11.9 Å². The van der Waals surface area contributed by atoms with Crippen LogP contribution >= 0.6 is 11.3 Å². The highest BCUT2D eigenvalue weighted by Crippen LogP contribution is 2.41. The molecule has 0 aliphatic heterocycles. The first-order chi connectivity index (χ1) is 18.7. The summed E-state index contributed by atoms with van der Waals surface area (Å²) in [6.07, 6.45) is 2.21. The van der Waals surface area contributed by atoms with Gasteiger partial charge >= 0.3 is 0 Å². The SMILES string of the molecule is Cc1c(-c2c3ccc4cc(-n5c6ccccc6c6ccccc65)ccc4c3cc[n+]2C)sc2ccccc12. The molecule has 0 aliphatic rings. The minimum absolute atomic E-state index is 1.19. The molecule has 0 fully saturated rings. The van der Waals surface area contributed by atoms with Crippen LogP contribution in [0.1, 0.15) is 5.56 Å². The number of aromatic nitrogens is 2. The van der Waals surface area contributed by atoms with Crippen LogP contribution in [0.25, 0.3) is 69.7 Å². The molecule has 0 amide bonds. The van der Waals surface area contributed by atoms with Gasteiger partial charge in [0, 0.05) is 32.6 Å². The molecule has 0 spiro atoms. The second-order valence-corrected chi connectivity index (χ2v) is 11.2. The summed E-state index contributed by atoms with van der Waals surface area (Å²) in [6, 6.07) is 39.9. The van der Waals surface area contributed by atoms with Crippen molar-refractivity contribution < 1.29 is 4.57 Å². The monoisotopic (exact) mass is 505 g/mol. The summed E-state index contributed by atoms with van der Waals surface area (Å²) in [4.78, 5) is 1.35. The lowest BCUT2D eigenvalue weighted by atomic mass is 9.99. The fourth-order valence-electron chi connectivity index (χ4n) is 6.20. The second kappa shape index (κ2) is 8.01. The van der Waals surface area contributed by atoms with Crippen LogP contribution in [0.5, 0.6) is 0 Å². The van der Waals surface area contributed by atoms with E-state index in [0.717, 1.165) is 0 Å². The van der Waals surface area contributed by atoms with Gasteiger partial charge in [-0.1, -0.05) is 66.7 Å². The number of thiophene rings is 1. The zero-order valence-electron chi connectivity index (χ0n) is 21.3. The molecular formula is C35H25N2S+. The van der Waals surface area contributed by atoms with E-state index < -0.39 is 0 Å². The van der Waals surface area contributed by atoms with E-state index in [1.807, 2.05) is 11.3 Å². The van der Waals surface area contributed by atoms with Gasteiger partial charge in [0.05, 0.1) is 16.4 Å². The van der Waals surface area contributed by atoms with Gasteiger partial charge in [0.15, 0.2) is 6.20 Å². The maximum Gasteiger partial charge on any atom is 0.230 e. The molecule has 0 N–H and O–H groups in total. The molecule has 3 heterocycles. The molecule has 38 heavy (non-hydrogen) atoms. The highest BCUT2D eigenvalue weighted by Gasteiger charge is 2.22. The van der Waals surface area contributed by atoms with E-state index in [-0.39, 0.29) is 0 Å². The van der Waals surface area contributed by atoms with Gasteiger partial charge in [-0.05, 0) is 65.0 Å². The van der Waals surface area contributed by atoms with E-state index in [9.17, 15) is 0 Å². The minimum Gasteiger partial charge on any atom is -0.309 e. The van der Waals surface area contributed by atoms with Crippen molar-refractivity contribution in [3.8, 4) is 16.3 Å². The molecule has 8 aromatic rings. The number of rotatable bonds is 2. The van der Waals surface area contributed by atoms with Crippen LogP contribution in [-0.4, -0.2) is 4.57 Å². The average Bonchev–Trinajstić information content (AvgIpc) is 3.47. The third kappa shape index (κ3) is 2.97. The fraction of sp³-hybridized carbons (Fsp3) is 0.0571. The summed E-state index contributed by atoms with van der Waals surface area (Å²) >= 11 is 1.89. The Hall–Kier alpha value is -4.47. The highest BCUT2D eigenvalue weighted by molar-refractivity contribution is 7.22. The van der Waals surface area contributed by atoms with Crippen LogP contribution in [0.15, 0.2) is 115 Å². The van der Waals surface area contributed by atoms with E-state index in [2.05, 4.69) is 138 Å². The molecule has 0 bridgehead atoms. The van der Waals surface area contributed by atoms with Crippen LogP contribution in [0.2, 0.25) is 0 Å². The Morgan fingerprint density at radius 2 is 1.26 bits per heavy atom. The topological polar surface area (TPSA) is 8.81 Å². The van der Waals surface area contributed by atoms with Crippen molar-refractivity contribution in [1.82, 2.24) is 4.57 Å². The third-order valence-corrected chi connectivity index (χ3v) is 9.29. The number of pyridine rings is 1. The maximum atomic E-state index is 2.39. The first-order valence-electron chi connectivity index (χ1n) is 13.0. The number of nitrogens with zero attached hydrogens (tertiary/aromatic N) is 2. The normalized spacial score (nSPS) is 11.9. The zero-order chi connectivity index (χ0) is 25.4.